The van der Waals surface area contributed by atoms with E-state index in [0.29, 0.717) is 18.5 Å². The Labute approximate surface area is 158 Å². The van der Waals surface area contributed by atoms with Crippen molar-refractivity contribution in [3.05, 3.63) is 36.0 Å². The van der Waals surface area contributed by atoms with Crippen LogP contribution in [-0.2, 0) is 16.1 Å². The van der Waals surface area contributed by atoms with E-state index in [0.717, 1.165) is 5.52 Å². The van der Waals surface area contributed by atoms with Crippen LogP contribution in [0, 0.1) is 11.3 Å². The molecule has 0 saturated heterocycles. The van der Waals surface area contributed by atoms with Crippen molar-refractivity contribution in [2.75, 3.05) is 26.7 Å². The minimum atomic E-state index is -0.664. The zero-order chi connectivity index (χ0) is 20.0. The van der Waals surface area contributed by atoms with Gasteiger partial charge in [0.1, 0.15) is 6.54 Å². The quantitative estimate of drug-likeness (QED) is 0.527. The molecule has 2 aromatic rings. The van der Waals surface area contributed by atoms with E-state index in [1.807, 2.05) is 32.0 Å². The minimum Gasteiger partial charge on any atom is -0.342 e. The van der Waals surface area contributed by atoms with Crippen molar-refractivity contribution >= 4 is 28.5 Å². The highest BCUT2D eigenvalue weighted by Crippen LogP contribution is 2.22. The standard InChI is InChI=1S/C20H24N4O3/c1-4-23(5-2)18(25)14-24-13-16(15-9-6-7-10-17(15)24)19(26)20(27)22(3)12-8-11-21/h6-7,9-10,13H,4-5,8,12,14H2,1-3H3. The maximum Gasteiger partial charge on any atom is 0.294 e. The lowest BCUT2D eigenvalue weighted by molar-refractivity contribution is -0.131. The summed E-state index contributed by atoms with van der Waals surface area (Å²) in [5.74, 6) is -1.35. The fourth-order valence-corrected chi connectivity index (χ4v) is 2.99. The van der Waals surface area contributed by atoms with Gasteiger partial charge in [0.2, 0.25) is 5.91 Å². The number of ketones is 1. The number of amides is 2. The number of fused-ring (bicyclic) bond motifs is 1. The Kier molecular flexibility index (Phi) is 6.72. The Morgan fingerprint density at radius 1 is 1.15 bits per heavy atom. The molecule has 0 aliphatic heterocycles. The molecule has 0 fully saturated rings. The molecule has 0 N–H and O–H groups in total. The summed E-state index contributed by atoms with van der Waals surface area (Å²) in [5.41, 5.74) is 1.00. The Bertz CT molecular complexity index is 890. The number of likely N-dealkylation sites (N-methyl/N-ethyl adjacent to an activating group) is 2. The lowest BCUT2D eigenvalue weighted by Crippen LogP contribution is -2.34. The van der Waals surface area contributed by atoms with Crippen LogP contribution in [-0.4, -0.2) is 58.6 Å². The summed E-state index contributed by atoms with van der Waals surface area (Å²) in [7, 11) is 1.50. The number of nitrogens with zero attached hydrogens (tertiary/aromatic N) is 4. The zero-order valence-electron chi connectivity index (χ0n) is 15.9. The van der Waals surface area contributed by atoms with E-state index >= 15 is 0 Å². The van der Waals surface area contributed by atoms with Crippen molar-refractivity contribution in [3.8, 4) is 6.07 Å². The number of hydrogen-bond acceptors (Lipinski definition) is 4. The summed E-state index contributed by atoms with van der Waals surface area (Å²) in [6, 6.07) is 9.17. The second-order valence-corrected chi connectivity index (χ2v) is 6.22. The lowest BCUT2D eigenvalue weighted by atomic mass is 10.1. The molecule has 0 atom stereocenters. The largest absolute Gasteiger partial charge is 0.342 e. The number of benzene rings is 1. The number of carbonyl (C=O) groups is 3. The molecule has 7 nitrogen and oxygen atoms in total. The van der Waals surface area contributed by atoms with Gasteiger partial charge in [-0.05, 0) is 19.9 Å². The van der Waals surface area contributed by atoms with E-state index < -0.39 is 11.7 Å². The molecular weight excluding hydrogens is 344 g/mol. The Morgan fingerprint density at radius 2 is 1.81 bits per heavy atom. The number of rotatable bonds is 8. The van der Waals surface area contributed by atoms with E-state index in [9.17, 15) is 14.4 Å². The fraction of sp³-hybridized carbons (Fsp3) is 0.400. The van der Waals surface area contributed by atoms with Crippen LogP contribution < -0.4 is 0 Å². The van der Waals surface area contributed by atoms with Gasteiger partial charge in [-0.2, -0.15) is 5.26 Å². The van der Waals surface area contributed by atoms with Gasteiger partial charge in [0.25, 0.3) is 11.7 Å². The first kappa shape index (κ1) is 20.2. The number of Topliss-reactive ketones (excluding diaryl/α,β-unsaturated/α-hetero) is 1. The Hall–Kier alpha value is -3.14. The van der Waals surface area contributed by atoms with Crippen molar-refractivity contribution in [2.24, 2.45) is 0 Å². The van der Waals surface area contributed by atoms with Gasteiger partial charge in [0.15, 0.2) is 0 Å². The number of para-hydroxylation sites is 1. The molecule has 0 unspecified atom stereocenters. The first-order valence-corrected chi connectivity index (χ1v) is 8.96. The van der Waals surface area contributed by atoms with Crippen LogP contribution >= 0.6 is 0 Å². The van der Waals surface area contributed by atoms with E-state index in [1.165, 1.54) is 11.9 Å². The van der Waals surface area contributed by atoms with Gasteiger partial charge in [0, 0.05) is 43.8 Å². The zero-order valence-corrected chi connectivity index (χ0v) is 15.9. The normalized spacial score (nSPS) is 10.4. The highest BCUT2D eigenvalue weighted by Gasteiger charge is 2.25. The monoisotopic (exact) mass is 368 g/mol. The van der Waals surface area contributed by atoms with E-state index in [4.69, 9.17) is 5.26 Å². The maximum absolute atomic E-state index is 12.7. The first-order chi connectivity index (χ1) is 12.9. The average molecular weight is 368 g/mol. The van der Waals surface area contributed by atoms with E-state index in [1.54, 1.807) is 27.8 Å². The van der Waals surface area contributed by atoms with Gasteiger partial charge >= 0.3 is 0 Å². The molecule has 2 rings (SSSR count). The molecule has 0 saturated carbocycles. The van der Waals surface area contributed by atoms with Crippen molar-refractivity contribution in [3.63, 3.8) is 0 Å². The van der Waals surface area contributed by atoms with E-state index in [-0.39, 0.29) is 31.0 Å². The number of aromatic nitrogens is 1. The molecule has 142 valence electrons. The summed E-state index contributed by atoms with van der Waals surface area (Å²) in [5, 5.41) is 9.29. The van der Waals surface area contributed by atoms with Gasteiger partial charge in [-0.25, -0.2) is 0 Å². The molecule has 1 aromatic carbocycles. The summed E-state index contributed by atoms with van der Waals surface area (Å²) in [4.78, 5) is 40.6. The van der Waals surface area contributed by atoms with Crippen LogP contribution in [0.3, 0.4) is 0 Å². The van der Waals surface area contributed by atoms with Gasteiger partial charge in [-0.3, -0.25) is 14.4 Å². The topological polar surface area (TPSA) is 86.4 Å². The van der Waals surface area contributed by atoms with Crippen molar-refractivity contribution in [1.29, 1.82) is 5.26 Å². The minimum absolute atomic E-state index is 0.0442. The van der Waals surface area contributed by atoms with Gasteiger partial charge in [-0.1, -0.05) is 18.2 Å². The summed E-state index contributed by atoms with van der Waals surface area (Å²) >= 11 is 0. The predicted octanol–water partition coefficient (Wildman–Crippen LogP) is 2.06. The van der Waals surface area contributed by atoms with Crippen LogP contribution in [0.15, 0.2) is 30.5 Å². The molecular formula is C20H24N4O3. The third-order valence-electron chi connectivity index (χ3n) is 4.55. The summed E-state index contributed by atoms with van der Waals surface area (Å²) < 4.78 is 1.71. The SMILES string of the molecule is CCN(CC)C(=O)Cn1cc(C(=O)C(=O)N(C)CCC#N)c2ccccc21. The molecule has 27 heavy (non-hydrogen) atoms. The number of nitriles is 1. The number of hydrogen-bond donors (Lipinski definition) is 0. The van der Waals surface area contributed by atoms with Crippen LogP contribution in [0.2, 0.25) is 0 Å². The second kappa shape index (κ2) is 8.99. The summed E-state index contributed by atoms with van der Waals surface area (Å²) in [6.45, 7) is 5.36. The molecule has 0 aliphatic carbocycles. The van der Waals surface area contributed by atoms with Crippen molar-refractivity contribution in [2.45, 2.75) is 26.8 Å². The predicted molar refractivity (Wildman–Crippen MR) is 102 cm³/mol. The van der Waals surface area contributed by atoms with Crippen molar-refractivity contribution in [1.82, 2.24) is 14.4 Å². The maximum atomic E-state index is 12.7. The third-order valence-corrected chi connectivity index (χ3v) is 4.55. The number of carbonyl (C=O) groups excluding carboxylic acids is 3. The summed E-state index contributed by atoms with van der Waals surface area (Å²) in [6.07, 6.45) is 1.74. The second-order valence-electron chi connectivity index (χ2n) is 6.22. The molecule has 0 spiro atoms. The molecule has 7 heteroatoms. The highest BCUT2D eigenvalue weighted by molar-refractivity contribution is 6.44. The molecule has 0 aliphatic rings. The average Bonchev–Trinajstić information content (AvgIpc) is 3.04. The van der Waals surface area contributed by atoms with Crippen LogP contribution in [0.25, 0.3) is 10.9 Å². The smallest absolute Gasteiger partial charge is 0.294 e. The molecule has 0 bridgehead atoms. The molecule has 1 heterocycles. The first-order valence-electron chi connectivity index (χ1n) is 8.96. The Morgan fingerprint density at radius 3 is 2.44 bits per heavy atom. The highest BCUT2D eigenvalue weighted by atomic mass is 16.2. The van der Waals surface area contributed by atoms with E-state index in [2.05, 4.69) is 0 Å². The molecule has 2 amide bonds. The van der Waals surface area contributed by atoms with Crippen LogP contribution in [0.4, 0.5) is 0 Å². The fourth-order valence-electron chi connectivity index (χ4n) is 2.99. The molecule has 1 aromatic heterocycles. The van der Waals surface area contributed by atoms with Crippen LogP contribution in [0.1, 0.15) is 30.6 Å². The van der Waals surface area contributed by atoms with Gasteiger partial charge in [0.05, 0.1) is 18.1 Å². The lowest BCUT2D eigenvalue weighted by Gasteiger charge is -2.19. The van der Waals surface area contributed by atoms with Crippen molar-refractivity contribution < 1.29 is 14.4 Å². The Balaban J connectivity index is 2.36. The third kappa shape index (κ3) is 4.34. The van der Waals surface area contributed by atoms with Gasteiger partial charge in [-0.15, -0.1) is 0 Å². The van der Waals surface area contributed by atoms with Gasteiger partial charge < -0.3 is 14.4 Å². The molecule has 0 radical (unpaired) electrons. The van der Waals surface area contributed by atoms with Crippen LogP contribution in [0.5, 0.6) is 0 Å².